The second-order valence-corrected chi connectivity index (χ2v) is 7.42. The minimum atomic E-state index is -3.43. The van der Waals surface area contributed by atoms with E-state index < -0.39 is 10.0 Å². The van der Waals surface area contributed by atoms with E-state index in [0.29, 0.717) is 35.2 Å². The molecule has 2 rings (SSSR count). The number of hydrogen-bond donors (Lipinski definition) is 1. The molecule has 0 radical (unpaired) electrons. The highest BCUT2D eigenvalue weighted by Crippen LogP contribution is 2.29. The molecular weight excluding hydrogens is 288 g/mol. The summed E-state index contributed by atoms with van der Waals surface area (Å²) in [5.41, 5.74) is 6.38. The predicted molar refractivity (Wildman–Crippen MR) is 82.7 cm³/mol. The van der Waals surface area contributed by atoms with Crippen LogP contribution >= 0.6 is 0 Å². The summed E-state index contributed by atoms with van der Waals surface area (Å²) in [7, 11) is -1.87. The van der Waals surface area contributed by atoms with Gasteiger partial charge < -0.3 is 10.5 Å². The van der Waals surface area contributed by atoms with Crippen molar-refractivity contribution in [2.75, 3.05) is 20.2 Å². The van der Waals surface area contributed by atoms with Crippen molar-refractivity contribution in [1.82, 2.24) is 4.31 Å². The van der Waals surface area contributed by atoms with Crippen LogP contribution in [0.2, 0.25) is 0 Å². The summed E-state index contributed by atoms with van der Waals surface area (Å²) in [6.45, 7) is 3.62. The molecule has 0 bridgehead atoms. The van der Waals surface area contributed by atoms with Gasteiger partial charge in [-0.05, 0) is 37.0 Å². The number of sulfonamides is 1. The van der Waals surface area contributed by atoms with Gasteiger partial charge in [-0.3, -0.25) is 0 Å². The van der Waals surface area contributed by atoms with Crippen LogP contribution in [0.4, 0.5) is 0 Å². The SMILES string of the molecule is CCCC1CCN(S(=O)(=O)c2ccc(OC)c(CN)c2)C1. The maximum atomic E-state index is 12.7. The van der Waals surface area contributed by atoms with Gasteiger partial charge in [0.05, 0.1) is 12.0 Å². The Kier molecular flexibility index (Phi) is 5.24. The topological polar surface area (TPSA) is 72.6 Å². The van der Waals surface area contributed by atoms with Gasteiger partial charge >= 0.3 is 0 Å². The first-order valence-corrected chi connectivity index (χ1v) is 8.84. The van der Waals surface area contributed by atoms with Gasteiger partial charge in [0, 0.05) is 25.2 Å². The van der Waals surface area contributed by atoms with Crippen molar-refractivity contribution >= 4 is 10.0 Å². The molecule has 1 heterocycles. The number of nitrogens with zero attached hydrogens (tertiary/aromatic N) is 1. The maximum Gasteiger partial charge on any atom is 0.243 e. The van der Waals surface area contributed by atoms with Crippen LogP contribution in [0, 0.1) is 5.92 Å². The Morgan fingerprint density at radius 3 is 2.81 bits per heavy atom. The molecule has 0 saturated carbocycles. The Morgan fingerprint density at radius 2 is 2.19 bits per heavy atom. The number of methoxy groups -OCH3 is 1. The monoisotopic (exact) mass is 312 g/mol. The highest BCUT2D eigenvalue weighted by molar-refractivity contribution is 7.89. The summed E-state index contributed by atoms with van der Waals surface area (Å²) in [6.07, 6.45) is 3.13. The summed E-state index contributed by atoms with van der Waals surface area (Å²) < 4.78 is 32.2. The zero-order chi connectivity index (χ0) is 15.5. The molecule has 118 valence electrons. The lowest BCUT2D eigenvalue weighted by Crippen LogP contribution is -2.29. The van der Waals surface area contributed by atoms with Crippen LogP contribution < -0.4 is 10.5 Å². The lowest BCUT2D eigenvalue weighted by Gasteiger charge is -2.18. The van der Waals surface area contributed by atoms with E-state index in [1.807, 2.05) is 0 Å². The van der Waals surface area contributed by atoms with Crippen molar-refractivity contribution in [3.05, 3.63) is 23.8 Å². The molecule has 1 atom stereocenters. The number of rotatable bonds is 6. The summed E-state index contributed by atoms with van der Waals surface area (Å²) in [5.74, 6) is 1.11. The molecule has 1 saturated heterocycles. The van der Waals surface area contributed by atoms with Crippen LogP contribution in [0.5, 0.6) is 5.75 Å². The van der Waals surface area contributed by atoms with Crippen LogP contribution in [0.15, 0.2) is 23.1 Å². The third-order valence-corrected chi connectivity index (χ3v) is 5.92. The Bertz CT molecular complexity index is 587. The van der Waals surface area contributed by atoms with Crippen LogP contribution in [0.1, 0.15) is 31.7 Å². The van der Waals surface area contributed by atoms with Gasteiger partial charge in [0.15, 0.2) is 0 Å². The van der Waals surface area contributed by atoms with Crippen molar-refractivity contribution in [3.63, 3.8) is 0 Å². The highest BCUT2D eigenvalue weighted by Gasteiger charge is 2.32. The van der Waals surface area contributed by atoms with E-state index in [1.54, 1.807) is 29.6 Å². The average molecular weight is 312 g/mol. The standard InChI is InChI=1S/C15H24N2O3S/c1-3-4-12-7-8-17(11-12)21(18,19)14-5-6-15(20-2)13(9-14)10-16/h5-6,9,12H,3-4,7-8,10-11,16H2,1-2H3. The number of ether oxygens (including phenoxy) is 1. The molecule has 0 aromatic heterocycles. The average Bonchev–Trinajstić information content (AvgIpc) is 2.96. The minimum Gasteiger partial charge on any atom is -0.496 e. The van der Waals surface area contributed by atoms with Crippen molar-refractivity contribution in [2.45, 2.75) is 37.6 Å². The summed E-state index contributed by atoms with van der Waals surface area (Å²) in [5, 5.41) is 0. The van der Waals surface area contributed by atoms with Gasteiger partial charge in [0.25, 0.3) is 0 Å². The van der Waals surface area contributed by atoms with E-state index >= 15 is 0 Å². The third kappa shape index (κ3) is 3.39. The molecule has 1 unspecified atom stereocenters. The van der Waals surface area contributed by atoms with Crippen LogP contribution in [-0.4, -0.2) is 32.9 Å². The van der Waals surface area contributed by atoms with E-state index in [4.69, 9.17) is 10.5 Å². The predicted octanol–water partition coefficient (Wildman–Crippen LogP) is 1.96. The van der Waals surface area contributed by atoms with Crippen molar-refractivity contribution < 1.29 is 13.2 Å². The fourth-order valence-electron chi connectivity index (χ4n) is 2.88. The molecule has 1 fully saturated rings. The van der Waals surface area contributed by atoms with Crippen molar-refractivity contribution in [1.29, 1.82) is 0 Å². The number of benzene rings is 1. The third-order valence-electron chi connectivity index (χ3n) is 4.06. The summed E-state index contributed by atoms with van der Waals surface area (Å²) >= 11 is 0. The molecule has 0 aliphatic carbocycles. The minimum absolute atomic E-state index is 0.255. The molecule has 2 N–H and O–H groups in total. The largest absolute Gasteiger partial charge is 0.496 e. The van der Waals surface area contributed by atoms with E-state index in [-0.39, 0.29) is 6.54 Å². The Morgan fingerprint density at radius 1 is 1.43 bits per heavy atom. The van der Waals surface area contributed by atoms with Gasteiger partial charge in [-0.15, -0.1) is 0 Å². The lowest BCUT2D eigenvalue weighted by molar-refractivity contribution is 0.409. The first kappa shape index (κ1) is 16.3. The van der Waals surface area contributed by atoms with Gasteiger partial charge in [0.2, 0.25) is 10.0 Å². The van der Waals surface area contributed by atoms with Gasteiger partial charge in [-0.25, -0.2) is 8.42 Å². The molecule has 1 aliphatic heterocycles. The van der Waals surface area contributed by atoms with E-state index in [2.05, 4.69) is 6.92 Å². The quantitative estimate of drug-likeness (QED) is 0.871. The first-order valence-electron chi connectivity index (χ1n) is 7.40. The Balaban J connectivity index is 2.24. The molecule has 1 aromatic rings. The van der Waals surface area contributed by atoms with E-state index in [9.17, 15) is 8.42 Å². The lowest BCUT2D eigenvalue weighted by atomic mass is 10.0. The number of nitrogens with two attached hydrogens (primary N) is 1. The van der Waals surface area contributed by atoms with Crippen molar-refractivity contribution in [3.8, 4) is 5.75 Å². The van der Waals surface area contributed by atoms with E-state index in [1.165, 1.54) is 0 Å². The molecule has 0 amide bonds. The van der Waals surface area contributed by atoms with E-state index in [0.717, 1.165) is 19.3 Å². The maximum absolute atomic E-state index is 12.7. The Labute approximate surface area is 127 Å². The zero-order valence-corrected chi connectivity index (χ0v) is 13.5. The van der Waals surface area contributed by atoms with Crippen LogP contribution in [0.25, 0.3) is 0 Å². The highest BCUT2D eigenvalue weighted by atomic mass is 32.2. The molecule has 6 heteroatoms. The summed E-state index contributed by atoms with van der Waals surface area (Å²) in [4.78, 5) is 0.306. The van der Waals surface area contributed by atoms with Crippen molar-refractivity contribution in [2.24, 2.45) is 11.7 Å². The smallest absolute Gasteiger partial charge is 0.243 e. The molecule has 1 aromatic carbocycles. The molecule has 21 heavy (non-hydrogen) atoms. The molecule has 0 spiro atoms. The molecule has 1 aliphatic rings. The fourth-order valence-corrected chi connectivity index (χ4v) is 4.47. The van der Waals surface area contributed by atoms with Crippen LogP contribution in [-0.2, 0) is 16.6 Å². The van der Waals surface area contributed by atoms with Crippen LogP contribution in [0.3, 0.4) is 0 Å². The Hall–Kier alpha value is -1.11. The zero-order valence-electron chi connectivity index (χ0n) is 12.7. The number of hydrogen-bond acceptors (Lipinski definition) is 4. The second kappa shape index (κ2) is 6.77. The second-order valence-electron chi connectivity index (χ2n) is 5.48. The first-order chi connectivity index (χ1) is 10.0. The fraction of sp³-hybridized carbons (Fsp3) is 0.600. The van der Waals surface area contributed by atoms with Gasteiger partial charge in [-0.1, -0.05) is 13.3 Å². The normalized spacial score (nSPS) is 19.9. The summed E-state index contributed by atoms with van der Waals surface area (Å²) in [6, 6.07) is 4.90. The molecule has 5 nitrogen and oxygen atoms in total. The molecular formula is C15H24N2O3S. The van der Waals surface area contributed by atoms with Gasteiger partial charge in [-0.2, -0.15) is 4.31 Å². The van der Waals surface area contributed by atoms with Gasteiger partial charge in [0.1, 0.15) is 5.75 Å².